The van der Waals surface area contributed by atoms with Gasteiger partial charge in [-0.25, -0.2) is 24.9 Å². The largest absolute Gasteiger partial charge is 0.354 e. The zero-order valence-corrected chi connectivity index (χ0v) is 16.6. The summed E-state index contributed by atoms with van der Waals surface area (Å²) < 4.78 is 0. The van der Waals surface area contributed by atoms with Crippen molar-refractivity contribution in [2.45, 2.75) is 25.7 Å². The van der Waals surface area contributed by atoms with Crippen LogP contribution in [-0.4, -0.2) is 43.8 Å². The van der Waals surface area contributed by atoms with E-state index in [0.29, 0.717) is 21.6 Å². The first-order valence-electron chi connectivity index (χ1n) is 8.95. The van der Waals surface area contributed by atoms with Crippen LogP contribution in [0.4, 0.5) is 16.5 Å². The van der Waals surface area contributed by atoms with Gasteiger partial charge in [0.2, 0.25) is 0 Å². The third kappa shape index (κ3) is 4.19. The molecule has 4 rings (SSSR count). The highest BCUT2D eigenvalue weighted by Crippen LogP contribution is 2.39. The van der Waals surface area contributed by atoms with E-state index in [4.69, 9.17) is 0 Å². The van der Waals surface area contributed by atoms with Gasteiger partial charge in [0.15, 0.2) is 17.2 Å². The van der Waals surface area contributed by atoms with E-state index in [2.05, 4.69) is 40.9 Å². The Labute approximate surface area is 170 Å². The van der Waals surface area contributed by atoms with Crippen LogP contribution in [0.3, 0.4) is 0 Å². The number of carbonyl (C=O) groups is 2. The van der Waals surface area contributed by atoms with Gasteiger partial charge in [0.1, 0.15) is 11.3 Å². The molecule has 0 atom stereocenters. The number of anilines is 3. The number of hydrogen-bond donors (Lipinski definition) is 3. The summed E-state index contributed by atoms with van der Waals surface area (Å²) in [6.45, 7) is 1.77. The Kier molecular flexibility index (Phi) is 5.12. The fraction of sp³-hybridized carbons (Fsp3) is 0.278. The lowest BCUT2D eigenvalue weighted by atomic mass is 10.2. The SMILES string of the molecule is CNC(=O)c1nc(C)sc1NC(=O)c1nc(C2CC2)cnc1Nc1cncnc1. The summed E-state index contributed by atoms with van der Waals surface area (Å²) in [5.41, 5.74) is 1.65. The van der Waals surface area contributed by atoms with Crippen LogP contribution in [0.25, 0.3) is 0 Å². The van der Waals surface area contributed by atoms with Crippen molar-refractivity contribution in [2.75, 3.05) is 17.7 Å². The predicted molar refractivity (Wildman–Crippen MR) is 108 cm³/mol. The van der Waals surface area contributed by atoms with Crippen LogP contribution in [0.5, 0.6) is 0 Å². The van der Waals surface area contributed by atoms with E-state index in [1.807, 2.05) is 0 Å². The number of aryl methyl sites for hydroxylation is 1. The van der Waals surface area contributed by atoms with Crippen LogP contribution in [0.2, 0.25) is 0 Å². The Balaban J connectivity index is 1.66. The van der Waals surface area contributed by atoms with Gasteiger partial charge >= 0.3 is 0 Å². The molecule has 3 aromatic rings. The summed E-state index contributed by atoms with van der Waals surface area (Å²) >= 11 is 1.22. The minimum absolute atomic E-state index is 0.132. The zero-order chi connectivity index (χ0) is 20.4. The van der Waals surface area contributed by atoms with E-state index in [1.54, 1.807) is 25.5 Å². The zero-order valence-electron chi connectivity index (χ0n) is 15.8. The number of amides is 2. The summed E-state index contributed by atoms with van der Waals surface area (Å²) in [4.78, 5) is 46.1. The second-order valence-corrected chi connectivity index (χ2v) is 7.67. The van der Waals surface area contributed by atoms with E-state index in [0.717, 1.165) is 18.5 Å². The molecule has 29 heavy (non-hydrogen) atoms. The molecule has 0 aliphatic heterocycles. The number of aromatic nitrogens is 5. The molecule has 0 aromatic carbocycles. The molecule has 0 radical (unpaired) electrons. The van der Waals surface area contributed by atoms with Crippen LogP contribution >= 0.6 is 11.3 Å². The number of rotatable bonds is 6. The van der Waals surface area contributed by atoms with Crippen LogP contribution in [0, 0.1) is 6.92 Å². The molecule has 1 fully saturated rings. The number of hydrogen-bond acceptors (Lipinski definition) is 9. The maximum absolute atomic E-state index is 13.1. The van der Waals surface area contributed by atoms with Crippen molar-refractivity contribution in [3.8, 4) is 0 Å². The van der Waals surface area contributed by atoms with Gasteiger partial charge in [-0.3, -0.25) is 9.59 Å². The Hall–Kier alpha value is -3.47. The first-order valence-corrected chi connectivity index (χ1v) is 9.76. The van der Waals surface area contributed by atoms with Gasteiger partial charge in [-0.05, 0) is 19.8 Å². The Morgan fingerprint density at radius 1 is 1.07 bits per heavy atom. The highest BCUT2D eigenvalue weighted by Gasteiger charge is 2.28. The van der Waals surface area contributed by atoms with Gasteiger partial charge in [-0.2, -0.15) is 0 Å². The standard InChI is InChI=1S/C18H18N8O2S/c1-9-23-14(16(27)19-2)18(29-9)26-17(28)13-15(24-11-5-20-8-21-6-11)22-7-12(25-13)10-3-4-10/h5-8,10H,3-4H2,1-2H3,(H,19,27)(H,22,24)(H,26,28). The highest BCUT2D eigenvalue weighted by atomic mass is 32.1. The fourth-order valence-electron chi connectivity index (χ4n) is 2.68. The summed E-state index contributed by atoms with van der Waals surface area (Å²) in [6, 6.07) is 0. The van der Waals surface area contributed by atoms with Crippen molar-refractivity contribution >= 4 is 39.7 Å². The first kappa shape index (κ1) is 18.9. The van der Waals surface area contributed by atoms with Gasteiger partial charge in [0.25, 0.3) is 11.8 Å². The Morgan fingerprint density at radius 2 is 1.83 bits per heavy atom. The van der Waals surface area contributed by atoms with Gasteiger partial charge < -0.3 is 16.0 Å². The van der Waals surface area contributed by atoms with Crippen molar-refractivity contribution in [3.63, 3.8) is 0 Å². The molecule has 1 aliphatic rings. The molecule has 0 unspecified atom stereocenters. The maximum Gasteiger partial charge on any atom is 0.278 e. The molecule has 0 saturated heterocycles. The fourth-order valence-corrected chi connectivity index (χ4v) is 3.49. The minimum Gasteiger partial charge on any atom is -0.354 e. The molecule has 3 N–H and O–H groups in total. The molecule has 1 saturated carbocycles. The topological polar surface area (TPSA) is 135 Å². The van der Waals surface area contributed by atoms with E-state index in [1.165, 1.54) is 24.7 Å². The summed E-state index contributed by atoms with van der Waals surface area (Å²) in [5, 5.41) is 9.33. The monoisotopic (exact) mass is 410 g/mol. The van der Waals surface area contributed by atoms with Crippen molar-refractivity contribution in [1.82, 2.24) is 30.2 Å². The van der Waals surface area contributed by atoms with Gasteiger partial charge in [-0.15, -0.1) is 11.3 Å². The molecule has 11 heteroatoms. The second kappa shape index (κ2) is 7.87. The third-order valence-electron chi connectivity index (χ3n) is 4.23. The number of carbonyl (C=O) groups excluding carboxylic acids is 2. The van der Waals surface area contributed by atoms with Crippen LogP contribution in [-0.2, 0) is 0 Å². The lowest BCUT2D eigenvalue weighted by molar-refractivity contribution is 0.0959. The number of nitrogens with zero attached hydrogens (tertiary/aromatic N) is 5. The van der Waals surface area contributed by atoms with E-state index in [9.17, 15) is 9.59 Å². The Morgan fingerprint density at radius 3 is 2.52 bits per heavy atom. The van der Waals surface area contributed by atoms with Crippen LogP contribution in [0.1, 0.15) is 50.4 Å². The molecule has 148 valence electrons. The van der Waals surface area contributed by atoms with E-state index in [-0.39, 0.29) is 23.1 Å². The lowest BCUT2D eigenvalue weighted by Gasteiger charge is -2.11. The second-order valence-electron chi connectivity index (χ2n) is 6.46. The summed E-state index contributed by atoms with van der Waals surface area (Å²) in [5.74, 6) is -0.241. The van der Waals surface area contributed by atoms with Crippen molar-refractivity contribution in [1.29, 1.82) is 0 Å². The molecule has 10 nitrogen and oxygen atoms in total. The van der Waals surface area contributed by atoms with Crippen LogP contribution in [0.15, 0.2) is 24.9 Å². The maximum atomic E-state index is 13.1. The van der Waals surface area contributed by atoms with Crippen molar-refractivity contribution in [2.24, 2.45) is 0 Å². The molecule has 3 heterocycles. The minimum atomic E-state index is -0.479. The molecule has 0 spiro atoms. The molecule has 1 aliphatic carbocycles. The predicted octanol–water partition coefficient (Wildman–Crippen LogP) is 2.26. The summed E-state index contributed by atoms with van der Waals surface area (Å²) in [7, 11) is 1.51. The number of thiazole rings is 1. The van der Waals surface area contributed by atoms with Gasteiger partial charge in [0.05, 0.1) is 35.0 Å². The average molecular weight is 410 g/mol. The molecule has 3 aromatic heterocycles. The Bertz CT molecular complexity index is 1060. The van der Waals surface area contributed by atoms with Crippen molar-refractivity contribution < 1.29 is 9.59 Å². The number of nitrogens with one attached hydrogen (secondary N) is 3. The van der Waals surface area contributed by atoms with E-state index >= 15 is 0 Å². The molecule has 2 amide bonds. The smallest absolute Gasteiger partial charge is 0.278 e. The van der Waals surface area contributed by atoms with Crippen molar-refractivity contribution in [3.05, 3.63) is 47.0 Å². The quantitative estimate of drug-likeness (QED) is 0.563. The lowest BCUT2D eigenvalue weighted by Crippen LogP contribution is -2.22. The summed E-state index contributed by atoms with van der Waals surface area (Å²) in [6.07, 6.45) is 8.29. The normalized spacial score (nSPS) is 13.0. The molecular formula is C18H18N8O2S. The highest BCUT2D eigenvalue weighted by molar-refractivity contribution is 7.16. The average Bonchev–Trinajstić information content (AvgIpc) is 3.51. The van der Waals surface area contributed by atoms with Gasteiger partial charge in [-0.1, -0.05) is 0 Å². The molecule has 0 bridgehead atoms. The van der Waals surface area contributed by atoms with Crippen LogP contribution < -0.4 is 16.0 Å². The first-order chi connectivity index (χ1) is 14.0. The third-order valence-corrected chi connectivity index (χ3v) is 5.11. The van der Waals surface area contributed by atoms with E-state index < -0.39 is 5.91 Å². The molecular weight excluding hydrogens is 392 g/mol. The van der Waals surface area contributed by atoms with Gasteiger partial charge in [0, 0.05) is 13.0 Å².